The Kier molecular flexibility index (Phi) is 3.62. The number of halogens is 1. The lowest BCUT2D eigenvalue weighted by Gasteiger charge is -2.12. The molecule has 0 amide bonds. The molecule has 0 radical (unpaired) electrons. The first-order valence-electron chi connectivity index (χ1n) is 5.77. The van der Waals surface area contributed by atoms with Gasteiger partial charge in [0.25, 0.3) is 0 Å². The number of anilines is 1. The highest BCUT2D eigenvalue weighted by molar-refractivity contribution is 5.48. The van der Waals surface area contributed by atoms with Crippen LogP contribution in [0.15, 0.2) is 30.6 Å². The molecule has 3 N–H and O–H groups in total. The molecule has 0 bridgehead atoms. The Morgan fingerprint density at radius 3 is 2.94 bits per heavy atom. The fourth-order valence-corrected chi connectivity index (χ4v) is 1.89. The summed E-state index contributed by atoms with van der Waals surface area (Å²) in [6, 6.07) is 4.04. The molecule has 0 aliphatic carbocycles. The highest BCUT2D eigenvalue weighted by atomic mass is 19.1. The van der Waals surface area contributed by atoms with Crippen LogP contribution in [0.3, 0.4) is 0 Å². The van der Waals surface area contributed by atoms with E-state index in [1.165, 1.54) is 18.2 Å². The van der Waals surface area contributed by atoms with Crippen LogP contribution in [-0.2, 0) is 13.5 Å². The van der Waals surface area contributed by atoms with Gasteiger partial charge in [-0.2, -0.15) is 5.10 Å². The van der Waals surface area contributed by atoms with Crippen LogP contribution < -0.4 is 5.73 Å². The predicted octanol–water partition coefficient (Wildman–Crippen LogP) is 1.81. The van der Waals surface area contributed by atoms with Crippen molar-refractivity contribution in [2.24, 2.45) is 7.05 Å². The van der Waals surface area contributed by atoms with Gasteiger partial charge < -0.3 is 10.8 Å². The van der Waals surface area contributed by atoms with Gasteiger partial charge in [0.05, 0.1) is 12.3 Å². The Morgan fingerprint density at radius 1 is 1.50 bits per heavy atom. The molecule has 0 spiro atoms. The number of hydrogen-bond donors (Lipinski definition) is 2. The van der Waals surface area contributed by atoms with E-state index in [0.29, 0.717) is 24.1 Å². The molecular formula is C13H16FN3O. The number of nitrogen functional groups attached to an aromatic ring is 1. The van der Waals surface area contributed by atoms with E-state index in [9.17, 15) is 9.50 Å². The van der Waals surface area contributed by atoms with Crippen LogP contribution in [0.25, 0.3) is 0 Å². The summed E-state index contributed by atoms with van der Waals surface area (Å²) in [6.45, 7) is 0. The molecule has 0 saturated heterocycles. The monoisotopic (exact) mass is 249 g/mol. The average Bonchev–Trinajstić information content (AvgIpc) is 2.75. The minimum absolute atomic E-state index is 0.389. The smallest absolute Gasteiger partial charge is 0.123 e. The third-order valence-electron chi connectivity index (χ3n) is 2.87. The van der Waals surface area contributed by atoms with E-state index < -0.39 is 6.10 Å². The molecule has 1 aromatic carbocycles. The molecule has 2 rings (SSSR count). The van der Waals surface area contributed by atoms with Crippen molar-refractivity contribution >= 4 is 5.69 Å². The lowest BCUT2D eigenvalue weighted by molar-refractivity contribution is 0.168. The maximum Gasteiger partial charge on any atom is 0.123 e. The number of aromatic nitrogens is 2. The Labute approximate surface area is 105 Å². The number of hydrogen-bond acceptors (Lipinski definition) is 3. The van der Waals surface area contributed by atoms with Crippen molar-refractivity contribution in [3.63, 3.8) is 0 Å². The number of rotatable bonds is 4. The Balaban J connectivity index is 2.03. The van der Waals surface area contributed by atoms with Gasteiger partial charge in [-0.25, -0.2) is 4.39 Å². The second-order valence-electron chi connectivity index (χ2n) is 4.35. The average molecular weight is 249 g/mol. The van der Waals surface area contributed by atoms with Gasteiger partial charge in [0, 0.05) is 24.5 Å². The molecule has 0 saturated carbocycles. The van der Waals surface area contributed by atoms with Gasteiger partial charge in [-0.15, -0.1) is 0 Å². The van der Waals surface area contributed by atoms with E-state index in [4.69, 9.17) is 5.73 Å². The molecule has 4 nitrogen and oxygen atoms in total. The summed E-state index contributed by atoms with van der Waals surface area (Å²) in [5.74, 6) is -0.389. The molecule has 1 heterocycles. The molecule has 2 aromatic rings. The molecule has 0 aliphatic rings. The summed E-state index contributed by atoms with van der Waals surface area (Å²) < 4.78 is 14.8. The number of aliphatic hydroxyl groups is 1. The van der Waals surface area contributed by atoms with Crippen LogP contribution in [-0.4, -0.2) is 14.9 Å². The lowest BCUT2D eigenvalue weighted by atomic mass is 10.0. The van der Waals surface area contributed by atoms with Crippen LogP contribution >= 0.6 is 0 Å². The van der Waals surface area contributed by atoms with E-state index in [1.54, 1.807) is 10.9 Å². The zero-order chi connectivity index (χ0) is 13.1. The second kappa shape index (κ2) is 5.18. The lowest BCUT2D eigenvalue weighted by Crippen LogP contribution is -2.04. The van der Waals surface area contributed by atoms with E-state index in [0.717, 1.165) is 5.56 Å². The fraction of sp³-hybridized carbons (Fsp3) is 0.308. The summed E-state index contributed by atoms with van der Waals surface area (Å²) in [6.07, 6.45) is 4.04. The fourth-order valence-electron chi connectivity index (χ4n) is 1.89. The molecule has 96 valence electrons. The number of benzene rings is 1. The quantitative estimate of drug-likeness (QED) is 0.812. The number of nitrogens with two attached hydrogens (primary N) is 1. The van der Waals surface area contributed by atoms with Gasteiger partial charge >= 0.3 is 0 Å². The van der Waals surface area contributed by atoms with Gasteiger partial charge in [-0.05, 0) is 36.6 Å². The summed E-state index contributed by atoms with van der Waals surface area (Å²) >= 11 is 0. The van der Waals surface area contributed by atoms with Crippen LogP contribution in [0.4, 0.5) is 10.1 Å². The topological polar surface area (TPSA) is 64.1 Å². The highest BCUT2D eigenvalue weighted by Gasteiger charge is 2.12. The van der Waals surface area contributed by atoms with E-state index in [2.05, 4.69) is 5.10 Å². The molecule has 18 heavy (non-hydrogen) atoms. The number of aryl methyl sites for hydroxylation is 2. The van der Waals surface area contributed by atoms with E-state index in [-0.39, 0.29) is 5.82 Å². The Hall–Kier alpha value is -1.88. The molecular weight excluding hydrogens is 233 g/mol. The summed E-state index contributed by atoms with van der Waals surface area (Å²) in [5.41, 5.74) is 7.61. The molecule has 1 unspecified atom stereocenters. The van der Waals surface area contributed by atoms with Crippen molar-refractivity contribution in [3.05, 3.63) is 47.5 Å². The van der Waals surface area contributed by atoms with Crippen LogP contribution in [0.5, 0.6) is 0 Å². The van der Waals surface area contributed by atoms with Crippen molar-refractivity contribution in [2.75, 3.05) is 5.73 Å². The van der Waals surface area contributed by atoms with Gasteiger partial charge in [0.2, 0.25) is 0 Å². The second-order valence-corrected chi connectivity index (χ2v) is 4.35. The Morgan fingerprint density at radius 2 is 2.28 bits per heavy atom. The van der Waals surface area contributed by atoms with Crippen molar-refractivity contribution in [3.8, 4) is 0 Å². The molecule has 1 aromatic heterocycles. The summed E-state index contributed by atoms with van der Waals surface area (Å²) in [5, 5.41) is 14.1. The summed E-state index contributed by atoms with van der Waals surface area (Å²) in [7, 11) is 1.84. The zero-order valence-electron chi connectivity index (χ0n) is 10.2. The van der Waals surface area contributed by atoms with Crippen molar-refractivity contribution in [1.82, 2.24) is 9.78 Å². The van der Waals surface area contributed by atoms with Crippen molar-refractivity contribution < 1.29 is 9.50 Å². The highest BCUT2D eigenvalue weighted by Crippen LogP contribution is 2.25. The predicted molar refractivity (Wildman–Crippen MR) is 67.3 cm³/mol. The first kappa shape index (κ1) is 12.6. The first-order valence-corrected chi connectivity index (χ1v) is 5.77. The maximum atomic E-state index is 13.1. The van der Waals surface area contributed by atoms with Crippen LogP contribution in [0.1, 0.15) is 23.7 Å². The maximum absolute atomic E-state index is 13.1. The third-order valence-corrected chi connectivity index (χ3v) is 2.87. The minimum atomic E-state index is -0.763. The van der Waals surface area contributed by atoms with Gasteiger partial charge in [0.1, 0.15) is 5.82 Å². The van der Waals surface area contributed by atoms with Crippen LogP contribution in [0, 0.1) is 5.82 Å². The molecule has 5 heteroatoms. The van der Waals surface area contributed by atoms with E-state index in [1.807, 2.05) is 13.2 Å². The third kappa shape index (κ3) is 2.87. The largest absolute Gasteiger partial charge is 0.398 e. The van der Waals surface area contributed by atoms with E-state index >= 15 is 0 Å². The molecule has 0 fully saturated rings. The normalized spacial score (nSPS) is 12.6. The molecule has 1 atom stereocenters. The van der Waals surface area contributed by atoms with Crippen molar-refractivity contribution in [2.45, 2.75) is 18.9 Å². The van der Waals surface area contributed by atoms with Crippen molar-refractivity contribution in [1.29, 1.82) is 0 Å². The SMILES string of the molecule is Cn1cc(CCC(O)c2cc(F)ccc2N)cn1. The van der Waals surface area contributed by atoms with Crippen LogP contribution in [0.2, 0.25) is 0 Å². The number of nitrogens with zero attached hydrogens (tertiary/aromatic N) is 2. The van der Waals surface area contributed by atoms with Gasteiger partial charge in [0.15, 0.2) is 0 Å². The first-order chi connectivity index (χ1) is 8.56. The summed E-state index contributed by atoms with van der Waals surface area (Å²) in [4.78, 5) is 0. The van der Waals surface area contributed by atoms with Gasteiger partial charge in [-0.1, -0.05) is 0 Å². The number of aliphatic hydroxyl groups excluding tert-OH is 1. The standard InChI is InChI=1S/C13H16FN3O/c1-17-8-9(7-16-17)2-5-13(18)11-6-10(14)3-4-12(11)15/h3-4,6-8,13,18H,2,5,15H2,1H3. The Bertz CT molecular complexity index is 539. The zero-order valence-corrected chi connectivity index (χ0v) is 10.2. The van der Waals surface area contributed by atoms with Gasteiger partial charge in [-0.3, -0.25) is 4.68 Å². The minimum Gasteiger partial charge on any atom is -0.398 e. The molecule has 0 aliphatic heterocycles.